The van der Waals surface area contributed by atoms with Crippen molar-refractivity contribution < 1.29 is 9.90 Å². The first-order valence-corrected chi connectivity index (χ1v) is 7.04. The molecule has 0 saturated carbocycles. The van der Waals surface area contributed by atoms with Crippen LogP contribution in [-0.4, -0.2) is 59.1 Å². The van der Waals surface area contributed by atoms with Crippen LogP contribution in [0.4, 0.5) is 0 Å². The first-order chi connectivity index (χ1) is 8.36. The highest BCUT2D eigenvalue weighted by Crippen LogP contribution is 2.27. The monoisotopic (exact) mass is 256 g/mol. The molecule has 0 aliphatic carbocycles. The normalized spacial score (nSPS) is 25.9. The van der Waals surface area contributed by atoms with Crippen molar-refractivity contribution in [3.8, 4) is 0 Å². The summed E-state index contributed by atoms with van der Waals surface area (Å²) < 4.78 is 0. The van der Waals surface area contributed by atoms with Crippen LogP contribution >= 0.6 is 0 Å². The lowest BCUT2D eigenvalue weighted by Crippen LogP contribution is -2.51. The van der Waals surface area contributed by atoms with E-state index in [9.17, 15) is 4.79 Å². The second-order valence-corrected chi connectivity index (χ2v) is 6.12. The van der Waals surface area contributed by atoms with Gasteiger partial charge >= 0.3 is 5.97 Å². The van der Waals surface area contributed by atoms with E-state index in [0.717, 1.165) is 38.9 Å². The molecule has 0 radical (unpaired) electrons. The second-order valence-electron chi connectivity index (χ2n) is 6.12. The Morgan fingerprint density at radius 1 is 1.44 bits per heavy atom. The molecule has 1 heterocycles. The molecule has 0 aromatic carbocycles. The maximum absolute atomic E-state index is 11.1. The highest BCUT2D eigenvalue weighted by molar-refractivity contribution is 5.67. The lowest BCUT2D eigenvalue weighted by atomic mass is 9.95. The van der Waals surface area contributed by atoms with E-state index in [1.165, 1.54) is 0 Å². The van der Waals surface area contributed by atoms with Crippen LogP contribution in [0.5, 0.6) is 0 Å². The molecular formula is C14H28N2O2. The van der Waals surface area contributed by atoms with Crippen molar-refractivity contribution in [1.82, 2.24) is 9.80 Å². The van der Waals surface area contributed by atoms with E-state index in [4.69, 9.17) is 5.11 Å². The molecule has 1 N–H and O–H groups in total. The highest BCUT2D eigenvalue weighted by Gasteiger charge is 2.36. The molecule has 0 aromatic heterocycles. The van der Waals surface area contributed by atoms with E-state index in [-0.39, 0.29) is 18.0 Å². The van der Waals surface area contributed by atoms with Gasteiger partial charge in [-0.15, -0.1) is 0 Å². The van der Waals surface area contributed by atoms with Crippen molar-refractivity contribution in [2.24, 2.45) is 0 Å². The number of carboxylic acid groups (broad SMARTS) is 1. The summed E-state index contributed by atoms with van der Waals surface area (Å²) in [5, 5.41) is 9.11. The first-order valence-electron chi connectivity index (χ1n) is 7.04. The first kappa shape index (κ1) is 15.4. The zero-order valence-electron chi connectivity index (χ0n) is 12.3. The second kappa shape index (κ2) is 6.53. The van der Waals surface area contributed by atoms with E-state index >= 15 is 0 Å². The van der Waals surface area contributed by atoms with Gasteiger partial charge in [-0.3, -0.25) is 9.69 Å². The van der Waals surface area contributed by atoms with Gasteiger partial charge in [-0.1, -0.05) is 13.3 Å². The van der Waals surface area contributed by atoms with Crippen molar-refractivity contribution in [3.63, 3.8) is 0 Å². The van der Waals surface area contributed by atoms with Crippen LogP contribution in [0.3, 0.4) is 0 Å². The van der Waals surface area contributed by atoms with Gasteiger partial charge in [0, 0.05) is 18.1 Å². The summed E-state index contributed by atoms with van der Waals surface area (Å²) in [4.78, 5) is 15.8. The van der Waals surface area contributed by atoms with Crippen molar-refractivity contribution in [2.75, 3.05) is 26.7 Å². The van der Waals surface area contributed by atoms with Gasteiger partial charge in [-0.25, -0.2) is 0 Å². The Morgan fingerprint density at radius 2 is 2.11 bits per heavy atom. The fourth-order valence-electron chi connectivity index (χ4n) is 2.84. The number of aliphatic carboxylic acids is 1. The number of carbonyl (C=O) groups is 1. The molecular weight excluding hydrogens is 228 g/mol. The minimum atomic E-state index is -0.687. The fourth-order valence-corrected chi connectivity index (χ4v) is 2.84. The maximum Gasteiger partial charge on any atom is 0.304 e. The predicted octanol–water partition coefficient (Wildman–Crippen LogP) is 2.05. The molecule has 0 amide bonds. The third-order valence-corrected chi connectivity index (χ3v) is 4.01. The number of rotatable bonds is 5. The van der Waals surface area contributed by atoms with Gasteiger partial charge in [0.25, 0.3) is 0 Å². The van der Waals surface area contributed by atoms with E-state index in [2.05, 4.69) is 37.6 Å². The number of carboxylic acids is 1. The number of hydrogen-bond acceptors (Lipinski definition) is 3. The fraction of sp³-hybridized carbons (Fsp3) is 0.929. The molecule has 106 valence electrons. The Balaban J connectivity index is 2.85. The minimum absolute atomic E-state index is 0.0973. The van der Waals surface area contributed by atoms with Gasteiger partial charge in [0.05, 0.1) is 6.42 Å². The summed E-state index contributed by atoms with van der Waals surface area (Å²) in [6, 6.07) is 0.136. The predicted molar refractivity (Wildman–Crippen MR) is 73.8 cm³/mol. The average Bonchev–Trinajstić information content (AvgIpc) is 2.34. The van der Waals surface area contributed by atoms with Gasteiger partial charge in [-0.05, 0) is 46.8 Å². The summed E-state index contributed by atoms with van der Waals surface area (Å²) in [7, 11) is 2.09. The molecule has 0 aromatic rings. The SMILES string of the molecule is CCCCN1C(CC(=O)O)CN(C)CCC1(C)C. The number of nitrogens with zero attached hydrogens (tertiary/aromatic N) is 2. The van der Waals surface area contributed by atoms with E-state index in [1.807, 2.05) is 0 Å². The van der Waals surface area contributed by atoms with Gasteiger partial charge < -0.3 is 10.0 Å². The van der Waals surface area contributed by atoms with Gasteiger partial charge in [0.1, 0.15) is 0 Å². The molecule has 1 fully saturated rings. The summed E-state index contributed by atoms with van der Waals surface area (Å²) in [6.45, 7) is 9.59. The smallest absolute Gasteiger partial charge is 0.304 e. The highest BCUT2D eigenvalue weighted by atomic mass is 16.4. The zero-order valence-corrected chi connectivity index (χ0v) is 12.3. The van der Waals surface area contributed by atoms with E-state index < -0.39 is 5.97 Å². The molecule has 1 rings (SSSR count). The molecule has 4 heteroatoms. The molecule has 1 saturated heterocycles. The molecule has 1 unspecified atom stereocenters. The van der Waals surface area contributed by atoms with Gasteiger partial charge in [0.15, 0.2) is 0 Å². The summed E-state index contributed by atoms with van der Waals surface area (Å²) in [5.74, 6) is -0.687. The Labute approximate surface area is 111 Å². The molecule has 18 heavy (non-hydrogen) atoms. The molecule has 0 bridgehead atoms. The Kier molecular flexibility index (Phi) is 5.60. The van der Waals surface area contributed by atoms with Crippen molar-refractivity contribution >= 4 is 5.97 Å². The van der Waals surface area contributed by atoms with E-state index in [1.54, 1.807) is 0 Å². The topological polar surface area (TPSA) is 43.8 Å². The summed E-state index contributed by atoms with van der Waals surface area (Å²) in [6.07, 6.45) is 3.65. The Hall–Kier alpha value is -0.610. The minimum Gasteiger partial charge on any atom is -0.481 e. The van der Waals surface area contributed by atoms with Crippen LogP contribution in [0, 0.1) is 0 Å². The van der Waals surface area contributed by atoms with E-state index in [0.29, 0.717) is 0 Å². The molecule has 1 aliphatic heterocycles. The van der Waals surface area contributed by atoms with Crippen LogP contribution < -0.4 is 0 Å². The van der Waals surface area contributed by atoms with Gasteiger partial charge in [-0.2, -0.15) is 0 Å². The van der Waals surface area contributed by atoms with Crippen molar-refractivity contribution in [3.05, 3.63) is 0 Å². The molecule has 0 spiro atoms. The van der Waals surface area contributed by atoms with Gasteiger partial charge in [0.2, 0.25) is 0 Å². The maximum atomic E-state index is 11.1. The zero-order chi connectivity index (χ0) is 13.8. The van der Waals surface area contributed by atoms with Crippen LogP contribution in [-0.2, 0) is 4.79 Å². The van der Waals surface area contributed by atoms with Crippen molar-refractivity contribution in [2.45, 2.75) is 58.0 Å². The van der Waals surface area contributed by atoms with Crippen molar-refractivity contribution in [1.29, 1.82) is 0 Å². The van der Waals surface area contributed by atoms with Crippen LogP contribution in [0.1, 0.15) is 46.5 Å². The molecule has 1 aliphatic rings. The summed E-state index contributed by atoms with van der Waals surface area (Å²) >= 11 is 0. The average molecular weight is 256 g/mol. The Morgan fingerprint density at radius 3 is 2.67 bits per heavy atom. The quantitative estimate of drug-likeness (QED) is 0.817. The molecule has 4 nitrogen and oxygen atoms in total. The number of likely N-dealkylation sites (N-methyl/N-ethyl adjacent to an activating group) is 1. The third-order valence-electron chi connectivity index (χ3n) is 4.01. The lowest BCUT2D eigenvalue weighted by Gasteiger charge is -2.41. The summed E-state index contributed by atoms with van der Waals surface area (Å²) in [5.41, 5.74) is 0.0973. The lowest BCUT2D eigenvalue weighted by molar-refractivity contribution is -0.139. The Bertz CT molecular complexity index is 279. The number of hydrogen-bond donors (Lipinski definition) is 1. The number of unbranched alkanes of at least 4 members (excludes halogenated alkanes) is 1. The molecule has 1 atom stereocenters. The third kappa shape index (κ3) is 4.25. The van der Waals surface area contributed by atoms with Crippen LogP contribution in [0.2, 0.25) is 0 Å². The largest absolute Gasteiger partial charge is 0.481 e. The standard InChI is InChI=1S/C14H28N2O2/c1-5-6-8-16-12(10-13(17)18)11-15(4)9-7-14(16,2)3/h12H,5-11H2,1-4H3,(H,17,18). The van der Waals surface area contributed by atoms with Crippen LogP contribution in [0.15, 0.2) is 0 Å². The van der Waals surface area contributed by atoms with Crippen LogP contribution in [0.25, 0.3) is 0 Å².